The molecule has 0 saturated heterocycles. The standard InChI is InChI=1S/C22H29FN8O.HI/c1-4-24-22(27-17-6-8-21-28-20(14-32-3)29-31(21)13-17)26-12-16-5-7-19(18(23)11-16)30-10-9-25-15(30)2;/h5,7,9-11,17H,4,6,8,12-14H2,1-3H3,(H2,24,26,27);1H. The van der Waals surface area contributed by atoms with E-state index in [1.807, 2.05) is 24.6 Å². The quantitative estimate of drug-likeness (QED) is 0.259. The van der Waals surface area contributed by atoms with Crippen molar-refractivity contribution in [2.24, 2.45) is 4.99 Å². The second-order valence-corrected chi connectivity index (χ2v) is 7.76. The topological polar surface area (TPSA) is 94.2 Å². The van der Waals surface area contributed by atoms with Crippen LogP contribution in [0.1, 0.15) is 36.4 Å². The summed E-state index contributed by atoms with van der Waals surface area (Å²) in [6.07, 6.45) is 5.19. The zero-order valence-electron chi connectivity index (χ0n) is 19.1. The van der Waals surface area contributed by atoms with Crippen molar-refractivity contribution in [1.82, 2.24) is 34.9 Å². The number of hydrogen-bond acceptors (Lipinski definition) is 5. The predicted octanol–water partition coefficient (Wildman–Crippen LogP) is 2.75. The Balaban J connectivity index is 0.00000306. The fourth-order valence-corrected chi connectivity index (χ4v) is 3.83. The third-order valence-electron chi connectivity index (χ3n) is 5.38. The highest BCUT2D eigenvalue weighted by atomic mass is 127. The zero-order valence-corrected chi connectivity index (χ0v) is 21.4. The highest BCUT2D eigenvalue weighted by Crippen LogP contribution is 2.18. The molecule has 1 aliphatic rings. The molecule has 1 unspecified atom stereocenters. The van der Waals surface area contributed by atoms with Gasteiger partial charge in [0, 0.05) is 38.5 Å². The van der Waals surface area contributed by atoms with Gasteiger partial charge in [0.1, 0.15) is 24.1 Å². The molecule has 2 N–H and O–H groups in total. The Labute approximate surface area is 209 Å². The van der Waals surface area contributed by atoms with E-state index in [1.54, 1.807) is 30.1 Å². The maximum Gasteiger partial charge on any atom is 0.191 e. The number of aromatic nitrogens is 5. The number of aliphatic imine (C=N–C) groups is 1. The Bertz CT molecular complexity index is 1100. The highest BCUT2D eigenvalue weighted by molar-refractivity contribution is 14.0. The summed E-state index contributed by atoms with van der Waals surface area (Å²) in [7, 11) is 1.64. The fraction of sp³-hybridized carbons (Fsp3) is 0.455. The van der Waals surface area contributed by atoms with E-state index in [0.29, 0.717) is 37.2 Å². The first kappa shape index (κ1) is 25.1. The van der Waals surface area contributed by atoms with Crippen LogP contribution in [0.25, 0.3) is 5.69 Å². The van der Waals surface area contributed by atoms with Crippen LogP contribution >= 0.6 is 24.0 Å². The van der Waals surface area contributed by atoms with Crippen LogP contribution in [0, 0.1) is 12.7 Å². The summed E-state index contributed by atoms with van der Waals surface area (Å²) in [4.78, 5) is 13.3. The summed E-state index contributed by atoms with van der Waals surface area (Å²) >= 11 is 0. The van der Waals surface area contributed by atoms with Gasteiger partial charge in [0.05, 0.1) is 18.8 Å². The summed E-state index contributed by atoms with van der Waals surface area (Å²) in [5.74, 6) is 2.84. The Kier molecular flexibility index (Phi) is 8.78. The van der Waals surface area contributed by atoms with Gasteiger partial charge in [0.2, 0.25) is 0 Å². The van der Waals surface area contributed by atoms with Gasteiger partial charge in [0.15, 0.2) is 11.8 Å². The summed E-state index contributed by atoms with van der Waals surface area (Å²) in [5, 5.41) is 11.3. The molecule has 0 amide bonds. The minimum atomic E-state index is -0.297. The lowest BCUT2D eigenvalue weighted by Crippen LogP contribution is -2.47. The number of halogens is 2. The van der Waals surface area contributed by atoms with Crippen molar-refractivity contribution in [1.29, 1.82) is 0 Å². The Morgan fingerprint density at radius 3 is 2.91 bits per heavy atom. The molecule has 3 heterocycles. The molecule has 1 aliphatic heterocycles. The van der Waals surface area contributed by atoms with E-state index < -0.39 is 0 Å². The van der Waals surface area contributed by atoms with E-state index >= 15 is 0 Å². The van der Waals surface area contributed by atoms with Gasteiger partial charge >= 0.3 is 0 Å². The van der Waals surface area contributed by atoms with E-state index in [4.69, 9.17) is 4.74 Å². The molecule has 0 aliphatic carbocycles. The van der Waals surface area contributed by atoms with Gasteiger partial charge in [-0.3, -0.25) is 0 Å². The molecule has 9 nitrogen and oxygen atoms in total. The van der Waals surface area contributed by atoms with Crippen molar-refractivity contribution in [3.05, 3.63) is 59.4 Å². The van der Waals surface area contributed by atoms with Crippen molar-refractivity contribution < 1.29 is 9.13 Å². The molecule has 11 heteroatoms. The lowest BCUT2D eigenvalue weighted by molar-refractivity contribution is 0.177. The van der Waals surface area contributed by atoms with Gasteiger partial charge < -0.3 is 19.9 Å². The number of imidazole rings is 1. The van der Waals surface area contributed by atoms with Gasteiger partial charge in [-0.2, -0.15) is 5.10 Å². The third-order valence-corrected chi connectivity index (χ3v) is 5.38. The van der Waals surface area contributed by atoms with Crippen LogP contribution in [-0.2, 0) is 30.9 Å². The molecule has 0 radical (unpaired) electrons. The molecule has 4 rings (SSSR count). The molecule has 1 atom stereocenters. The van der Waals surface area contributed by atoms with Gasteiger partial charge in [-0.05, 0) is 38.0 Å². The summed E-state index contributed by atoms with van der Waals surface area (Å²) < 4.78 is 23.5. The first-order valence-corrected chi connectivity index (χ1v) is 10.8. The molecule has 0 saturated carbocycles. The zero-order chi connectivity index (χ0) is 22.5. The number of rotatable bonds is 7. The first-order chi connectivity index (χ1) is 15.6. The molecule has 0 spiro atoms. The van der Waals surface area contributed by atoms with E-state index in [1.165, 1.54) is 6.07 Å². The van der Waals surface area contributed by atoms with E-state index in [9.17, 15) is 4.39 Å². The molecule has 1 aromatic carbocycles. The average Bonchev–Trinajstić information content (AvgIpc) is 3.37. The predicted molar refractivity (Wildman–Crippen MR) is 134 cm³/mol. The summed E-state index contributed by atoms with van der Waals surface area (Å²) in [6, 6.07) is 5.37. The normalized spacial score (nSPS) is 15.6. The number of nitrogens with zero attached hydrogens (tertiary/aromatic N) is 6. The summed E-state index contributed by atoms with van der Waals surface area (Å²) in [6.45, 7) is 6.10. The third kappa shape index (κ3) is 6.08. The van der Waals surface area contributed by atoms with Crippen LogP contribution < -0.4 is 10.6 Å². The molecule has 0 fully saturated rings. The molecule has 3 aromatic rings. The van der Waals surface area contributed by atoms with Crippen molar-refractivity contribution in [2.75, 3.05) is 13.7 Å². The molecular formula is C22H30FIN8O. The maximum atomic E-state index is 14.7. The van der Waals surface area contributed by atoms with Crippen LogP contribution in [0.2, 0.25) is 0 Å². The first-order valence-electron chi connectivity index (χ1n) is 10.8. The SMILES string of the molecule is CCNC(=NCc1ccc(-n2ccnc2C)c(F)c1)NC1CCc2nc(COC)nn2C1.I. The number of guanidine groups is 1. The number of ether oxygens (including phenoxy) is 1. The smallest absolute Gasteiger partial charge is 0.191 e. The minimum Gasteiger partial charge on any atom is -0.377 e. The van der Waals surface area contributed by atoms with Gasteiger partial charge in [-0.1, -0.05) is 6.07 Å². The molecule has 33 heavy (non-hydrogen) atoms. The second kappa shape index (κ2) is 11.5. The molecular weight excluding hydrogens is 538 g/mol. The summed E-state index contributed by atoms with van der Waals surface area (Å²) in [5.41, 5.74) is 1.28. The van der Waals surface area contributed by atoms with Gasteiger partial charge in [-0.25, -0.2) is 24.0 Å². The Hall–Kier alpha value is -2.54. The average molecular weight is 568 g/mol. The lowest BCUT2D eigenvalue weighted by Gasteiger charge is -2.25. The second-order valence-electron chi connectivity index (χ2n) is 7.76. The number of fused-ring (bicyclic) bond motifs is 1. The van der Waals surface area contributed by atoms with Crippen LogP contribution in [0.5, 0.6) is 0 Å². The monoisotopic (exact) mass is 568 g/mol. The van der Waals surface area contributed by atoms with Crippen LogP contribution in [0.3, 0.4) is 0 Å². The molecule has 0 bridgehead atoms. The number of benzene rings is 1. The number of methoxy groups -OCH3 is 1. The Morgan fingerprint density at radius 1 is 1.36 bits per heavy atom. The van der Waals surface area contributed by atoms with Crippen LogP contribution in [0.15, 0.2) is 35.6 Å². The van der Waals surface area contributed by atoms with Gasteiger partial charge in [-0.15, -0.1) is 24.0 Å². The fourth-order valence-electron chi connectivity index (χ4n) is 3.83. The maximum absolute atomic E-state index is 14.7. The van der Waals surface area contributed by atoms with Crippen LogP contribution in [-0.4, -0.2) is 50.0 Å². The highest BCUT2D eigenvalue weighted by Gasteiger charge is 2.22. The number of aryl methyl sites for hydroxylation is 2. The van der Waals surface area contributed by atoms with Crippen molar-refractivity contribution in [3.8, 4) is 5.69 Å². The lowest BCUT2D eigenvalue weighted by atomic mass is 10.1. The molecule has 2 aromatic heterocycles. The minimum absolute atomic E-state index is 0. The van der Waals surface area contributed by atoms with Crippen molar-refractivity contribution >= 4 is 29.9 Å². The van der Waals surface area contributed by atoms with Crippen molar-refractivity contribution in [2.45, 2.75) is 52.4 Å². The Morgan fingerprint density at radius 2 is 2.21 bits per heavy atom. The number of nitrogens with one attached hydrogen (secondary N) is 2. The number of hydrogen-bond donors (Lipinski definition) is 2. The van der Waals surface area contributed by atoms with Gasteiger partial charge in [0.25, 0.3) is 0 Å². The molecule has 178 valence electrons. The largest absolute Gasteiger partial charge is 0.377 e. The van der Waals surface area contributed by atoms with E-state index in [2.05, 4.69) is 30.7 Å². The van der Waals surface area contributed by atoms with E-state index in [0.717, 1.165) is 36.6 Å². The van der Waals surface area contributed by atoms with Crippen molar-refractivity contribution in [3.63, 3.8) is 0 Å². The van der Waals surface area contributed by atoms with E-state index in [-0.39, 0.29) is 35.8 Å². The van der Waals surface area contributed by atoms with Crippen LogP contribution in [0.4, 0.5) is 4.39 Å².